The highest BCUT2D eigenvalue weighted by Gasteiger charge is 2.11. The molecule has 0 atom stereocenters. The maximum atomic E-state index is 2.53. The second-order valence-corrected chi connectivity index (χ2v) is 8.35. The number of rotatable bonds is 16. The van der Waals surface area contributed by atoms with Crippen LogP contribution in [0.2, 0.25) is 0 Å². The molecular weight excluding hydrogens is 338 g/mol. The van der Waals surface area contributed by atoms with Crippen molar-refractivity contribution in [2.45, 2.75) is 96.8 Å². The number of hydrogen-bond donors (Lipinski definition) is 0. The number of nitrogens with zero attached hydrogens (tertiary/aromatic N) is 1. The average molecular weight is 382 g/mol. The Morgan fingerprint density at radius 3 is 2.07 bits per heavy atom. The number of unbranched alkanes of at least 4 members (excludes halogenated alkanes) is 12. The van der Waals surface area contributed by atoms with Crippen LogP contribution in [0, 0.1) is 0 Å². The minimum absolute atomic E-state index is 1.07. The van der Waals surface area contributed by atoms with E-state index in [9.17, 15) is 0 Å². The fraction of sp³-hybridized carbons (Fsp3) is 0.630. The van der Waals surface area contributed by atoms with Gasteiger partial charge in [0, 0.05) is 18.8 Å². The molecule has 0 radical (unpaired) electrons. The lowest BCUT2D eigenvalue weighted by molar-refractivity contribution is 0.592. The average Bonchev–Trinajstić information content (AvgIpc) is 2.73. The highest BCUT2D eigenvalue weighted by atomic mass is 15.1. The van der Waals surface area contributed by atoms with E-state index in [2.05, 4.69) is 60.4 Å². The largest absolute Gasteiger partial charge is 0.367 e. The Morgan fingerprint density at radius 1 is 0.750 bits per heavy atom. The summed E-state index contributed by atoms with van der Waals surface area (Å²) >= 11 is 0. The van der Waals surface area contributed by atoms with Crippen molar-refractivity contribution in [3.05, 3.63) is 48.1 Å². The molecule has 28 heavy (non-hydrogen) atoms. The molecule has 156 valence electrons. The molecule has 0 amide bonds. The molecule has 0 aliphatic carbocycles. The Balaban J connectivity index is 1.38. The van der Waals surface area contributed by atoms with Crippen molar-refractivity contribution in [2.75, 3.05) is 18.0 Å². The summed E-state index contributed by atoms with van der Waals surface area (Å²) < 4.78 is 0. The Bertz CT molecular complexity index is 557. The predicted molar refractivity (Wildman–Crippen MR) is 127 cm³/mol. The third-order valence-electron chi connectivity index (χ3n) is 5.84. The zero-order valence-corrected chi connectivity index (χ0v) is 18.4. The Labute approximate surface area is 174 Å². The van der Waals surface area contributed by atoms with E-state index < -0.39 is 0 Å². The molecule has 1 aromatic rings. The molecule has 0 fully saturated rings. The van der Waals surface area contributed by atoms with E-state index in [4.69, 9.17) is 0 Å². The topological polar surface area (TPSA) is 3.24 Å². The lowest BCUT2D eigenvalue weighted by Gasteiger charge is -2.28. The van der Waals surface area contributed by atoms with Gasteiger partial charge < -0.3 is 4.90 Å². The molecule has 0 unspecified atom stereocenters. The maximum absolute atomic E-state index is 2.53. The molecule has 0 aromatic heterocycles. The van der Waals surface area contributed by atoms with Gasteiger partial charge in [0.2, 0.25) is 0 Å². The molecule has 0 spiro atoms. The maximum Gasteiger partial charge on any atom is 0.0442 e. The first-order chi connectivity index (χ1) is 13.9. The molecule has 0 saturated heterocycles. The number of hydrogen-bond acceptors (Lipinski definition) is 1. The summed E-state index contributed by atoms with van der Waals surface area (Å²) in [4.78, 5) is 2.53. The zero-order valence-electron chi connectivity index (χ0n) is 18.4. The van der Waals surface area contributed by atoms with Gasteiger partial charge in [-0.1, -0.05) is 107 Å². The van der Waals surface area contributed by atoms with Crippen molar-refractivity contribution >= 4 is 11.8 Å². The standard InChI is InChI=1S/C27H43N/c1-2-3-4-5-6-7-8-9-10-11-12-13-14-15-16-19-24-28-25-20-22-26-21-17-18-23-27(26)28/h9-10,17-18,20-23H,2-8,11-16,19,24-25H2,1H3/b10-9-. The van der Waals surface area contributed by atoms with Gasteiger partial charge in [-0.15, -0.1) is 0 Å². The van der Waals surface area contributed by atoms with Crippen molar-refractivity contribution in [3.63, 3.8) is 0 Å². The molecule has 1 aromatic carbocycles. The fourth-order valence-corrected chi connectivity index (χ4v) is 4.08. The molecule has 1 heteroatoms. The van der Waals surface area contributed by atoms with E-state index >= 15 is 0 Å². The van der Waals surface area contributed by atoms with E-state index in [0.29, 0.717) is 0 Å². The second-order valence-electron chi connectivity index (χ2n) is 8.35. The van der Waals surface area contributed by atoms with Crippen LogP contribution >= 0.6 is 0 Å². The van der Waals surface area contributed by atoms with Crippen LogP contribution in [0.15, 0.2) is 42.5 Å². The summed E-state index contributed by atoms with van der Waals surface area (Å²) in [5, 5.41) is 0. The van der Waals surface area contributed by atoms with E-state index in [1.807, 2.05) is 0 Å². The highest BCUT2D eigenvalue weighted by Crippen LogP contribution is 2.25. The lowest BCUT2D eigenvalue weighted by Crippen LogP contribution is -2.26. The van der Waals surface area contributed by atoms with E-state index in [1.165, 1.54) is 108 Å². The molecule has 1 aliphatic heterocycles. The number of allylic oxidation sites excluding steroid dienone is 2. The lowest BCUT2D eigenvalue weighted by atomic mass is 10.1. The Morgan fingerprint density at radius 2 is 1.36 bits per heavy atom. The summed E-state index contributed by atoms with van der Waals surface area (Å²) in [6.07, 6.45) is 28.7. The number of benzene rings is 1. The van der Waals surface area contributed by atoms with Crippen molar-refractivity contribution in [3.8, 4) is 0 Å². The third kappa shape index (κ3) is 9.62. The van der Waals surface area contributed by atoms with Gasteiger partial charge in [0.05, 0.1) is 0 Å². The molecular formula is C27H43N. The molecule has 0 saturated carbocycles. The van der Waals surface area contributed by atoms with Crippen LogP contribution in [0.4, 0.5) is 5.69 Å². The van der Waals surface area contributed by atoms with E-state index in [-0.39, 0.29) is 0 Å². The second kappa shape index (κ2) is 15.4. The summed E-state index contributed by atoms with van der Waals surface area (Å²) in [6, 6.07) is 8.78. The summed E-state index contributed by atoms with van der Waals surface area (Å²) in [7, 11) is 0. The van der Waals surface area contributed by atoms with Crippen LogP contribution in [0.5, 0.6) is 0 Å². The van der Waals surface area contributed by atoms with Crippen molar-refractivity contribution < 1.29 is 0 Å². The van der Waals surface area contributed by atoms with Crippen molar-refractivity contribution in [1.29, 1.82) is 0 Å². The van der Waals surface area contributed by atoms with Crippen LogP contribution in [0.1, 0.15) is 102 Å². The fourth-order valence-electron chi connectivity index (χ4n) is 4.08. The van der Waals surface area contributed by atoms with Gasteiger partial charge in [-0.05, 0) is 43.7 Å². The first-order valence-corrected chi connectivity index (χ1v) is 12.1. The first-order valence-electron chi connectivity index (χ1n) is 12.1. The number of anilines is 1. The first kappa shape index (κ1) is 22.8. The SMILES string of the molecule is CCCCCCCC/C=C\CCCCCCCCN1CC=Cc2ccccc21. The minimum atomic E-state index is 1.07. The van der Waals surface area contributed by atoms with Crippen LogP contribution in [0.25, 0.3) is 6.08 Å². The van der Waals surface area contributed by atoms with Crippen molar-refractivity contribution in [2.24, 2.45) is 0 Å². The smallest absolute Gasteiger partial charge is 0.0442 e. The van der Waals surface area contributed by atoms with Crippen LogP contribution in [0.3, 0.4) is 0 Å². The van der Waals surface area contributed by atoms with Gasteiger partial charge in [-0.3, -0.25) is 0 Å². The molecule has 0 N–H and O–H groups in total. The number of para-hydroxylation sites is 1. The monoisotopic (exact) mass is 381 g/mol. The predicted octanol–water partition coefficient (Wildman–Crippen LogP) is 8.56. The highest BCUT2D eigenvalue weighted by molar-refractivity contribution is 5.71. The number of fused-ring (bicyclic) bond motifs is 1. The Kier molecular flexibility index (Phi) is 12.6. The molecule has 1 heterocycles. The third-order valence-corrected chi connectivity index (χ3v) is 5.84. The molecule has 0 bridgehead atoms. The van der Waals surface area contributed by atoms with Crippen LogP contribution in [-0.4, -0.2) is 13.1 Å². The molecule has 2 rings (SSSR count). The summed E-state index contributed by atoms with van der Waals surface area (Å²) in [5.41, 5.74) is 2.79. The zero-order chi connectivity index (χ0) is 19.7. The van der Waals surface area contributed by atoms with E-state index in [0.717, 1.165) is 6.54 Å². The van der Waals surface area contributed by atoms with Crippen LogP contribution in [-0.2, 0) is 0 Å². The van der Waals surface area contributed by atoms with Gasteiger partial charge in [0.15, 0.2) is 0 Å². The molecule has 1 nitrogen and oxygen atoms in total. The Hall–Kier alpha value is -1.50. The van der Waals surface area contributed by atoms with Gasteiger partial charge >= 0.3 is 0 Å². The van der Waals surface area contributed by atoms with Gasteiger partial charge in [-0.2, -0.15) is 0 Å². The normalized spacial score (nSPS) is 13.4. The minimum Gasteiger partial charge on any atom is -0.367 e. The van der Waals surface area contributed by atoms with E-state index in [1.54, 1.807) is 0 Å². The summed E-state index contributed by atoms with van der Waals surface area (Å²) in [6.45, 7) is 4.56. The van der Waals surface area contributed by atoms with Crippen LogP contribution < -0.4 is 4.90 Å². The quantitative estimate of drug-likeness (QED) is 0.205. The summed E-state index contributed by atoms with van der Waals surface area (Å²) in [5.74, 6) is 0. The van der Waals surface area contributed by atoms with Gasteiger partial charge in [0.25, 0.3) is 0 Å². The van der Waals surface area contributed by atoms with Gasteiger partial charge in [0.1, 0.15) is 0 Å². The van der Waals surface area contributed by atoms with Crippen molar-refractivity contribution in [1.82, 2.24) is 0 Å². The van der Waals surface area contributed by atoms with Gasteiger partial charge in [-0.25, -0.2) is 0 Å². The molecule has 1 aliphatic rings.